The van der Waals surface area contributed by atoms with Crippen molar-refractivity contribution in [1.82, 2.24) is 4.90 Å². The highest BCUT2D eigenvalue weighted by atomic mass is 16.2. The molecule has 1 unspecified atom stereocenters. The van der Waals surface area contributed by atoms with E-state index in [2.05, 4.69) is 13.8 Å². The first-order valence-electron chi connectivity index (χ1n) is 6.76. The van der Waals surface area contributed by atoms with E-state index >= 15 is 0 Å². The highest BCUT2D eigenvalue weighted by molar-refractivity contribution is 5.77. The molecule has 0 radical (unpaired) electrons. The predicted octanol–water partition coefficient (Wildman–Crippen LogP) is 2.64. The number of likely N-dealkylation sites (tertiary alicyclic amines) is 1. The summed E-state index contributed by atoms with van der Waals surface area (Å²) in [5.41, 5.74) is 0. The van der Waals surface area contributed by atoms with Gasteiger partial charge in [-0.2, -0.15) is 0 Å². The number of hydrogen-bond donors (Lipinski definition) is 0. The van der Waals surface area contributed by atoms with Crippen molar-refractivity contribution in [3.8, 4) is 0 Å². The van der Waals surface area contributed by atoms with Gasteiger partial charge >= 0.3 is 0 Å². The van der Waals surface area contributed by atoms with Gasteiger partial charge in [-0.15, -0.1) is 0 Å². The van der Waals surface area contributed by atoms with E-state index in [1.54, 1.807) is 6.92 Å². The molecule has 0 aromatic heterocycles. The van der Waals surface area contributed by atoms with Gasteiger partial charge in [0.15, 0.2) is 0 Å². The summed E-state index contributed by atoms with van der Waals surface area (Å²) in [7, 11) is 0. The number of hydrogen-bond acceptors (Lipinski definition) is 2. The minimum absolute atomic E-state index is 0.266. The second-order valence-electron chi connectivity index (χ2n) is 5.64. The summed E-state index contributed by atoms with van der Waals surface area (Å²) in [5, 5.41) is 0. The first kappa shape index (κ1) is 14.2. The van der Waals surface area contributed by atoms with Gasteiger partial charge in [-0.25, -0.2) is 0 Å². The van der Waals surface area contributed by atoms with E-state index in [-0.39, 0.29) is 5.78 Å². The van der Waals surface area contributed by atoms with Gasteiger partial charge in [0.05, 0.1) is 0 Å². The van der Waals surface area contributed by atoms with Gasteiger partial charge in [0.1, 0.15) is 5.78 Å². The third-order valence-corrected chi connectivity index (χ3v) is 3.49. The molecule has 1 rings (SSSR count). The van der Waals surface area contributed by atoms with Crippen LogP contribution in [0.2, 0.25) is 0 Å². The predicted molar refractivity (Wildman–Crippen MR) is 68.7 cm³/mol. The molecule has 1 aliphatic heterocycles. The fourth-order valence-corrected chi connectivity index (χ4v) is 2.26. The largest absolute Gasteiger partial charge is 0.342 e. The van der Waals surface area contributed by atoms with E-state index in [0.29, 0.717) is 30.6 Å². The minimum Gasteiger partial charge on any atom is -0.342 e. The molecule has 3 heteroatoms. The maximum absolute atomic E-state index is 11.7. The number of nitrogens with zero attached hydrogens (tertiary/aromatic N) is 1. The summed E-state index contributed by atoms with van der Waals surface area (Å²) in [6, 6.07) is 0. The molecule has 0 saturated carbocycles. The van der Waals surface area contributed by atoms with Crippen LogP contribution in [0.25, 0.3) is 0 Å². The molecule has 98 valence electrons. The Kier molecular flexibility index (Phi) is 5.66. The lowest BCUT2D eigenvalue weighted by Crippen LogP contribution is -2.48. The average molecular weight is 239 g/mol. The molecule has 0 N–H and O–H groups in total. The summed E-state index contributed by atoms with van der Waals surface area (Å²) in [5.74, 6) is 1.82. The average Bonchev–Trinajstić information content (AvgIpc) is 2.21. The van der Waals surface area contributed by atoms with Crippen LogP contribution >= 0.6 is 0 Å². The molecule has 1 aliphatic rings. The Bertz CT molecular complexity index is 269. The van der Waals surface area contributed by atoms with Crippen molar-refractivity contribution in [3.63, 3.8) is 0 Å². The molecule has 0 aromatic carbocycles. The van der Waals surface area contributed by atoms with Crippen LogP contribution in [0.3, 0.4) is 0 Å². The van der Waals surface area contributed by atoms with Crippen LogP contribution in [-0.4, -0.2) is 29.7 Å². The zero-order valence-electron chi connectivity index (χ0n) is 11.4. The van der Waals surface area contributed by atoms with Gasteiger partial charge < -0.3 is 9.69 Å². The zero-order valence-corrected chi connectivity index (χ0v) is 11.4. The molecule has 17 heavy (non-hydrogen) atoms. The molecule has 0 spiro atoms. The van der Waals surface area contributed by atoms with E-state index in [0.717, 1.165) is 32.4 Å². The maximum Gasteiger partial charge on any atom is 0.222 e. The van der Waals surface area contributed by atoms with Crippen LogP contribution in [0.4, 0.5) is 0 Å². The monoisotopic (exact) mass is 239 g/mol. The number of Topliss-reactive ketones (excluding diaryl/α,β-unsaturated/α-hetero) is 1. The molecular formula is C14H25NO2. The van der Waals surface area contributed by atoms with Crippen LogP contribution in [-0.2, 0) is 9.59 Å². The second-order valence-corrected chi connectivity index (χ2v) is 5.64. The highest BCUT2D eigenvalue weighted by Gasteiger charge is 2.26. The second kappa shape index (κ2) is 6.77. The fraction of sp³-hybridized carbons (Fsp3) is 0.857. The third kappa shape index (κ3) is 5.33. The first-order valence-corrected chi connectivity index (χ1v) is 6.76. The van der Waals surface area contributed by atoms with Gasteiger partial charge in [0, 0.05) is 25.9 Å². The normalized spacial score (nSPS) is 17.7. The summed E-state index contributed by atoms with van der Waals surface area (Å²) >= 11 is 0. The van der Waals surface area contributed by atoms with E-state index in [1.807, 2.05) is 4.90 Å². The van der Waals surface area contributed by atoms with E-state index in [9.17, 15) is 9.59 Å². The van der Waals surface area contributed by atoms with Crippen LogP contribution in [0.1, 0.15) is 52.9 Å². The van der Waals surface area contributed by atoms with Crippen LogP contribution < -0.4 is 0 Å². The Hall–Kier alpha value is -0.860. The van der Waals surface area contributed by atoms with Gasteiger partial charge in [-0.1, -0.05) is 20.3 Å². The Morgan fingerprint density at radius 1 is 1.24 bits per heavy atom. The number of rotatable bonds is 7. The van der Waals surface area contributed by atoms with Crippen molar-refractivity contribution in [3.05, 3.63) is 0 Å². The van der Waals surface area contributed by atoms with Crippen molar-refractivity contribution in [2.45, 2.75) is 52.9 Å². The van der Waals surface area contributed by atoms with Crippen molar-refractivity contribution in [2.75, 3.05) is 13.1 Å². The van der Waals surface area contributed by atoms with Gasteiger partial charge in [0.25, 0.3) is 0 Å². The lowest BCUT2D eigenvalue weighted by Gasteiger charge is -2.37. The molecule has 1 saturated heterocycles. The van der Waals surface area contributed by atoms with Crippen molar-refractivity contribution in [2.24, 2.45) is 11.8 Å². The molecular weight excluding hydrogens is 214 g/mol. The quantitative estimate of drug-likeness (QED) is 0.685. The van der Waals surface area contributed by atoms with E-state index < -0.39 is 0 Å². The standard InChI is InChI=1S/C14H25NO2/c1-11(7-8-13(3)16)5-4-6-14(17)15-9-12(2)10-15/h11-12H,4-10H2,1-3H3. The van der Waals surface area contributed by atoms with Gasteiger partial charge in [-0.05, 0) is 31.6 Å². The van der Waals surface area contributed by atoms with Gasteiger partial charge in [0.2, 0.25) is 5.91 Å². The summed E-state index contributed by atoms with van der Waals surface area (Å²) in [6.07, 6.45) is 4.34. The molecule has 1 atom stereocenters. The van der Waals surface area contributed by atoms with Crippen molar-refractivity contribution >= 4 is 11.7 Å². The SMILES string of the molecule is CC(=O)CCC(C)CCCC(=O)N1CC(C)C1. The lowest BCUT2D eigenvalue weighted by molar-refractivity contribution is -0.137. The molecule has 0 aromatic rings. The van der Waals surface area contributed by atoms with Gasteiger partial charge in [-0.3, -0.25) is 4.79 Å². The Morgan fingerprint density at radius 2 is 1.88 bits per heavy atom. The molecule has 1 fully saturated rings. The summed E-state index contributed by atoms with van der Waals surface area (Å²) < 4.78 is 0. The molecule has 1 amide bonds. The van der Waals surface area contributed by atoms with Crippen molar-refractivity contribution < 1.29 is 9.59 Å². The highest BCUT2D eigenvalue weighted by Crippen LogP contribution is 2.18. The zero-order chi connectivity index (χ0) is 12.8. The Morgan fingerprint density at radius 3 is 2.41 bits per heavy atom. The first-order chi connectivity index (χ1) is 7.99. The molecule has 0 bridgehead atoms. The number of amides is 1. The van der Waals surface area contributed by atoms with E-state index in [1.165, 1.54) is 0 Å². The van der Waals surface area contributed by atoms with E-state index in [4.69, 9.17) is 0 Å². The number of carbonyl (C=O) groups is 2. The molecule has 1 heterocycles. The minimum atomic E-state index is 0.266. The summed E-state index contributed by atoms with van der Waals surface area (Å²) in [6.45, 7) is 7.87. The van der Waals surface area contributed by atoms with Crippen LogP contribution in [0.5, 0.6) is 0 Å². The molecule has 3 nitrogen and oxygen atoms in total. The fourth-order valence-electron chi connectivity index (χ4n) is 2.26. The smallest absolute Gasteiger partial charge is 0.222 e. The van der Waals surface area contributed by atoms with Crippen LogP contribution in [0, 0.1) is 11.8 Å². The third-order valence-electron chi connectivity index (χ3n) is 3.49. The summed E-state index contributed by atoms with van der Waals surface area (Å²) in [4.78, 5) is 24.5. The maximum atomic E-state index is 11.7. The topological polar surface area (TPSA) is 37.4 Å². The van der Waals surface area contributed by atoms with Crippen LogP contribution in [0.15, 0.2) is 0 Å². The Labute approximate surface area is 105 Å². The molecule has 0 aliphatic carbocycles. The van der Waals surface area contributed by atoms with Crippen molar-refractivity contribution in [1.29, 1.82) is 0 Å². The lowest BCUT2D eigenvalue weighted by atomic mass is 9.96. The number of carbonyl (C=O) groups excluding carboxylic acids is 2. The Balaban J connectivity index is 2.03. The number of ketones is 1.